The van der Waals surface area contributed by atoms with Gasteiger partial charge >= 0.3 is 0 Å². The fraction of sp³-hybridized carbons (Fsp3) is 0.0667. The molecule has 1 unspecified atom stereocenters. The second kappa shape index (κ2) is 5.03. The zero-order valence-corrected chi connectivity index (χ0v) is 10.4. The molecule has 0 amide bonds. The number of para-hydroxylation sites is 1. The number of hydrazine groups is 1. The van der Waals surface area contributed by atoms with E-state index in [2.05, 4.69) is 5.43 Å². The second-order valence-corrected chi connectivity index (χ2v) is 4.49. The van der Waals surface area contributed by atoms with Crippen molar-refractivity contribution < 1.29 is 13.2 Å². The fourth-order valence-electron chi connectivity index (χ4n) is 2.23. The zero-order valence-electron chi connectivity index (χ0n) is 10.4. The van der Waals surface area contributed by atoms with Crippen molar-refractivity contribution in [2.75, 3.05) is 0 Å². The molecule has 1 aromatic heterocycles. The van der Waals surface area contributed by atoms with Gasteiger partial charge in [0.1, 0.15) is 29.0 Å². The van der Waals surface area contributed by atoms with Crippen LogP contribution in [0.1, 0.15) is 17.4 Å². The van der Waals surface area contributed by atoms with Crippen molar-refractivity contribution in [1.82, 2.24) is 5.43 Å². The molecule has 5 heteroatoms. The predicted molar refractivity (Wildman–Crippen MR) is 71.7 cm³/mol. The number of nitrogens with one attached hydrogen (secondary N) is 1. The van der Waals surface area contributed by atoms with Crippen molar-refractivity contribution in [3.05, 3.63) is 71.5 Å². The van der Waals surface area contributed by atoms with Crippen LogP contribution >= 0.6 is 0 Å². The summed E-state index contributed by atoms with van der Waals surface area (Å²) in [4.78, 5) is 0. The van der Waals surface area contributed by atoms with Gasteiger partial charge in [0.2, 0.25) is 0 Å². The molecule has 3 rings (SSSR count). The van der Waals surface area contributed by atoms with Gasteiger partial charge in [-0.25, -0.2) is 14.2 Å². The molecule has 1 atom stereocenters. The molecule has 0 saturated heterocycles. The third-order valence-corrected chi connectivity index (χ3v) is 3.11. The van der Waals surface area contributed by atoms with Crippen molar-refractivity contribution >= 4 is 11.0 Å². The smallest absolute Gasteiger partial charge is 0.134 e. The van der Waals surface area contributed by atoms with E-state index in [1.807, 2.05) is 24.3 Å². The molecule has 3 N–H and O–H groups in total. The maximum Gasteiger partial charge on any atom is 0.134 e. The third kappa shape index (κ3) is 2.29. The van der Waals surface area contributed by atoms with Gasteiger partial charge in [-0.2, -0.15) is 0 Å². The molecule has 0 aliphatic heterocycles. The average Bonchev–Trinajstić information content (AvgIpc) is 2.81. The van der Waals surface area contributed by atoms with Crippen LogP contribution in [0.25, 0.3) is 11.0 Å². The monoisotopic (exact) mass is 274 g/mol. The third-order valence-electron chi connectivity index (χ3n) is 3.11. The van der Waals surface area contributed by atoms with Crippen LogP contribution < -0.4 is 11.3 Å². The Morgan fingerprint density at radius 2 is 1.70 bits per heavy atom. The molecule has 0 saturated carbocycles. The quantitative estimate of drug-likeness (QED) is 0.569. The largest absolute Gasteiger partial charge is 0.459 e. The van der Waals surface area contributed by atoms with E-state index in [9.17, 15) is 8.78 Å². The van der Waals surface area contributed by atoms with Crippen LogP contribution in [0.5, 0.6) is 0 Å². The van der Waals surface area contributed by atoms with Crippen molar-refractivity contribution in [1.29, 1.82) is 0 Å². The number of nitrogens with two attached hydrogens (primary N) is 1. The molecular formula is C15H12F2N2O. The van der Waals surface area contributed by atoms with E-state index in [0.717, 1.165) is 11.5 Å². The molecule has 0 fully saturated rings. The van der Waals surface area contributed by atoms with E-state index in [0.29, 0.717) is 16.9 Å². The number of fused-ring (bicyclic) bond motifs is 1. The highest BCUT2D eigenvalue weighted by molar-refractivity contribution is 5.77. The summed E-state index contributed by atoms with van der Waals surface area (Å²) in [5, 5.41) is 0.902. The summed E-state index contributed by atoms with van der Waals surface area (Å²) in [5.41, 5.74) is 3.58. The molecule has 0 spiro atoms. The Kier molecular flexibility index (Phi) is 3.22. The highest BCUT2D eigenvalue weighted by Gasteiger charge is 2.18. The summed E-state index contributed by atoms with van der Waals surface area (Å²) < 4.78 is 32.3. The normalized spacial score (nSPS) is 12.8. The van der Waals surface area contributed by atoms with Gasteiger partial charge in [0.15, 0.2) is 0 Å². The molecule has 1 heterocycles. The lowest BCUT2D eigenvalue weighted by Gasteiger charge is -2.13. The first-order valence-electron chi connectivity index (χ1n) is 6.08. The van der Waals surface area contributed by atoms with E-state index >= 15 is 0 Å². The number of hydrogen-bond acceptors (Lipinski definition) is 3. The van der Waals surface area contributed by atoms with Gasteiger partial charge in [0.05, 0.1) is 0 Å². The van der Waals surface area contributed by atoms with Gasteiger partial charge in [0.25, 0.3) is 0 Å². The van der Waals surface area contributed by atoms with E-state index < -0.39 is 17.7 Å². The van der Waals surface area contributed by atoms with Crippen molar-refractivity contribution in [3.8, 4) is 0 Å². The Labute approximate surface area is 114 Å². The molecule has 0 radical (unpaired) electrons. The average molecular weight is 274 g/mol. The summed E-state index contributed by atoms with van der Waals surface area (Å²) in [7, 11) is 0. The minimum atomic E-state index is -0.656. The van der Waals surface area contributed by atoms with Crippen LogP contribution in [-0.4, -0.2) is 0 Å². The van der Waals surface area contributed by atoms with Gasteiger partial charge in [-0.1, -0.05) is 18.2 Å². The van der Waals surface area contributed by atoms with Gasteiger partial charge in [-0.15, -0.1) is 0 Å². The molecule has 3 aromatic rings. The van der Waals surface area contributed by atoms with Crippen LogP contribution in [-0.2, 0) is 0 Å². The van der Waals surface area contributed by atoms with E-state index in [4.69, 9.17) is 10.3 Å². The van der Waals surface area contributed by atoms with Crippen LogP contribution in [0.4, 0.5) is 8.78 Å². The second-order valence-electron chi connectivity index (χ2n) is 4.49. The summed E-state index contributed by atoms with van der Waals surface area (Å²) in [6, 6.07) is 11.9. The van der Waals surface area contributed by atoms with Crippen LogP contribution in [0.2, 0.25) is 0 Å². The number of benzene rings is 2. The Hall–Kier alpha value is -2.24. The zero-order chi connectivity index (χ0) is 14.1. The lowest BCUT2D eigenvalue weighted by molar-refractivity contribution is 0.473. The van der Waals surface area contributed by atoms with Gasteiger partial charge in [0, 0.05) is 11.5 Å². The maximum absolute atomic E-state index is 13.3. The number of hydrogen-bond donors (Lipinski definition) is 2. The Morgan fingerprint density at radius 1 is 1.00 bits per heavy atom. The van der Waals surface area contributed by atoms with Gasteiger partial charge in [-0.3, -0.25) is 5.84 Å². The highest BCUT2D eigenvalue weighted by Crippen LogP contribution is 2.28. The summed E-state index contributed by atoms with van der Waals surface area (Å²) >= 11 is 0. The Balaban J connectivity index is 2.08. The predicted octanol–water partition coefficient (Wildman–Crippen LogP) is 3.26. The molecule has 3 nitrogen and oxygen atoms in total. The Bertz CT molecular complexity index is 701. The van der Waals surface area contributed by atoms with Crippen LogP contribution in [0.15, 0.2) is 52.9 Å². The summed E-state index contributed by atoms with van der Waals surface area (Å²) in [5.74, 6) is 4.69. The van der Waals surface area contributed by atoms with Gasteiger partial charge < -0.3 is 4.42 Å². The van der Waals surface area contributed by atoms with E-state index in [1.54, 1.807) is 6.07 Å². The number of rotatable bonds is 3. The number of furan rings is 1. The minimum Gasteiger partial charge on any atom is -0.459 e. The molecule has 0 bridgehead atoms. The van der Waals surface area contributed by atoms with Crippen molar-refractivity contribution in [2.45, 2.75) is 6.04 Å². The van der Waals surface area contributed by atoms with E-state index in [-0.39, 0.29) is 0 Å². The highest BCUT2D eigenvalue weighted by atomic mass is 19.1. The van der Waals surface area contributed by atoms with E-state index in [1.165, 1.54) is 12.1 Å². The molecule has 102 valence electrons. The fourth-order valence-corrected chi connectivity index (χ4v) is 2.23. The van der Waals surface area contributed by atoms with Gasteiger partial charge in [-0.05, 0) is 29.8 Å². The first-order chi connectivity index (χ1) is 9.67. The molecular weight excluding hydrogens is 262 g/mol. The van der Waals surface area contributed by atoms with Crippen molar-refractivity contribution in [3.63, 3.8) is 0 Å². The maximum atomic E-state index is 13.3. The topological polar surface area (TPSA) is 51.2 Å². The lowest BCUT2D eigenvalue weighted by atomic mass is 10.0. The molecule has 0 aliphatic rings. The standard InChI is InChI=1S/C15H12F2N2O/c16-11-5-10(6-12(17)8-11)15(19-18)14-7-9-3-1-2-4-13(9)20-14/h1-8,15,19H,18H2. The van der Waals surface area contributed by atoms with Crippen molar-refractivity contribution in [2.24, 2.45) is 5.84 Å². The minimum absolute atomic E-state index is 0.365. The first kappa shape index (κ1) is 12.8. The number of halogens is 2. The molecule has 2 aromatic carbocycles. The van der Waals surface area contributed by atoms with Crippen LogP contribution in [0, 0.1) is 11.6 Å². The lowest BCUT2D eigenvalue weighted by Crippen LogP contribution is -2.28. The van der Waals surface area contributed by atoms with Crippen LogP contribution in [0.3, 0.4) is 0 Å². The molecule has 20 heavy (non-hydrogen) atoms. The first-order valence-corrected chi connectivity index (χ1v) is 6.08. The summed E-state index contributed by atoms with van der Waals surface area (Å²) in [6.45, 7) is 0. The Morgan fingerprint density at radius 3 is 2.35 bits per heavy atom. The summed E-state index contributed by atoms with van der Waals surface area (Å²) in [6.07, 6.45) is 0. The SMILES string of the molecule is NNC(c1cc(F)cc(F)c1)c1cc2ccccc2o1. The molecule has 0 aliphatic carbocycles.